The van der Waals surface area contributed by atoms with E-state index in [0.29, 0.717) is 42.0 Å². The molecular weight excluding hydrogens is 434 g/mol. The molecule has 0 spiro atoms. The Labute approximate surface area is 201 Å². The molecule has 0 fully saturated rings. The first-order chi connectivity index (χ1) is 16.2. The molecule has 4 atom stereocenters. The second-order valence-corrected chi connectivity index (χ2v) is 9.08. The molecule has 7 nitrogen and oxygen atoms in total. The van der Waals surface area contributed by atoms with Crippen LogP contribution in [0.4, 0.5) is 0 Å². The Morgan fingerprint density at radius 1 is 1.18 bits per heavy atom. The van der Waals surface area contributed by atoms with Crippen LogP contribution in [0.1, 0.15) is 65.4 Å². The molecule has 0 saturated carbocycles. The first kappa shape index (κ1) is 25.5. The SMILES string of the molecule is CCCOc1ccc([C@H]2C(C(=O)O[C@H](C)CC)=C(C)NC3=C2C(=O)[C@@H](C(=O)OC)[C@@H](C)C3)cc1. The number of ether oxygens (including phenoxy) is 3. The molecule has 1 aliphatic heterocycles. The largest absolute Gasteiger partial charge is 0.494 e. The van der Waals surface area contributed by atoms with Crippen molar-refractivity contribution in [1.29, 1.82) is 0 Å². The number of ketones is 1. The Morgan fingerprint density at radius 3 is 2.44 bits per heavy atom. The number of esters is 2. The van der Waals surface area contributed by atoms with Crippen LogP contribution in [0.5, 0.6) is 5.75 Å². The molecule has 1 aromatic rings. The van der Waals surface area contributed by atoms with Crippen LogP contribution in [-0.4, -0.2) is 37.5 Å². The van der Waals surface area contributed by atoms with Gasteiger partial charge in [0.1, 0.15) is 11.7 Å². The van der Waals surface area contributed by atoms with E-state index < -0.39 is 23.8 Å². The van der Waals surface area contributed by atoms with Crippen LogP contribution in [0.3, 0.4) is 0 Å². The van der Waals surface area contributed by atoms with Crippen molar-refractivity contribution in [2.24, 2.45) is 11.8 Å². The lowest BCUT2D eigenvalue weighted by molar-refractivity contribution is -0.151. The molecule has 1 heterocycles. The van der Waals surface area contributed by atoms with E-state index in [9.17, 15) is 14.4 Å². The van der Waals surface area contributed by atoms with Gasteiger partial charge in [-0.1, -0.05) is 32.9 Å². The van der Waals surface area contributed by atoms with Gasteiger partial charge in [-0.2, -0.15) is 0 Å². The van der Waals surface area contributed by atoms with Gasteiger partial charge >= 0.3 is 11.9 Å². The van der Waals surface area contributed by atoms with Crippen LogP contribution in [0, 0.1) is 11.8 Å². The van der Waals surface area contributed by atoms with Crippen LogP contribution in [-0.2, 0) is 23.9 Å². The minimum absolute atomic E-state index is 0.224. The number of hydrogen-bond acceptors (Lipinski definition) is 7. The number of Topliss-reactive ketones (excluding diaryl/α,β-unsaturated/α-hetero) is 1. The van der Waals surface area contributed by atoms with E-state index in [1.807, 2.05) is 58.9 Å². The minimum Gasteiger partial charge on any atom is -0.494 e. The van der Waals surface area contributed by atoms with Crippen LogP contribution in [0.15, 0.2) is 46.8 Å². The lowest BCUT2D eigenvalue weighted by Crippen LogP contribution is -2.43. The Bertz CT molecular complexity index is 1010. The maximum Gasteiger partial charge on any atom is 0.337 e. The number of hydrogen-bond donors (Lipinski definition) is 1. The molecule has 1 aliphatic carbocycles. The highest BCUT2D eigenvalue weighted by atomic mass is 16.5. The molecule has 0 radical (unpaired) electrons. The number of rotatable bonds is 8. The highest BCUT2D eigenvalue weighted by Gasteiger charge is 2.47. The molecule has 2 aliphatic rings. The molecule has 184 valence electrons. The number of nitrogens with one attached hydrogen (secondary N) is 1. The van der Waals surface area contributed by atoms with Crippen LogP contribution < -0.4 is 10.1 Å². The highest BCUT2D eigenvalue weighted by molar-refractivity contribution is 6.12. The van der Waals surface area contributed by atoms with E-state index in [-0.39, 0.29) is 17.8 Å². The third-order valence-corrected chi connectivity index (χ3v) is 6.53. The maximum atomic E-state index is 13.7. The van der Waals surface area contributed by atoms with Crippen LogP contribution in [0.2, 0.25) is 0 Å². The lowest BCUT2D eigenvalue weighted by atomic mass is 9.69. The molecular formula is C27H35NO6. The Hall–Kier alpha value is -3.09. The summed E-state index contributed by atoms with van der Waals surface area (Å²) in [6, 6.07) is 7.42. The Kier molecular flexibility index (Phi) is 8.18. The molecule has 0 bridgehead atoms. The van der Waals surface area contributed by atoms with Crippen molar-refractivity contribution in [2.75, 3.05) is 13.7 Å². The normalized spacial score (nSPS) is 23.1. The van der Waals surface area contributed by atoms with Gasteiger partial charge in [0.25, 0.3) is 0 Å². The third-order valence-electron chi connectivity index (χ3n) is 6.53. The van der Waals surface area contributed by atoms with E-state index in [0.717, 1.165) is 17.7 Å². The van der Waals surface area contributed by atoms with Gasteiger partial charge in [0.15, 0.2) is 5.78 Å². The first-order valence-electron chi connectivity index (χ1n) is 12.0. The number of methoxy groups -OCH3 is 1. The summed E-state index contributed by atoms with van der Waals surface area (Å²) in [6.45, 7) is 10.1. The fourth-order valence-electron chi connectivity index (χ4n) is 4.59. The molecule has 1 N–H and O–H groups in total. The van der Waals surface area contributed by atoms with Gasteiger partial charge < -0.3 is 19.5 Å². The van der Waals surface area contributed by atoms with Gasteiger partial charge in [-0.25, -0.2) is 4.79 Å². The number of benzene rings is 1. The zero-order valence-electron chi connectivity index (χ0n) is 20.9. The van der Waals surface area contributed by atoms with Crippen molar-refractivity contribution < 1.29 is 28.6 Å². The molecule has 3 rings (SSSR count). The molecule has 1 aromatic carbocycles. The van der Waals surface area contributed by atoms with Crippen molar-refractivity contribution in [3.05, 3.63) is 52.4 Å². The fourth-order valence-corrected chi connectivity index (χ4v) is 4.59. The fraction of sp³-hybridized carbons (Fsp3) is 0.519. The standard InChI is InChI=1S/C27H35NO6/c1-7-13-33-19-11-9-18(10-12-19)23-22(27(31)34-16(4)8-2)17(5)28-20-14-15(3)21(26(30)32-6)25(29)24(20)23/h9-12,15-16,21,23,28H,7-8,13-14H2,1-6H3/t15-,16+,21-,23-/m0/s1. The van der Waals surface area contributed by atoms with E-state index in [1.54, 1.807) is 0 Å². The first-order valence-corrected chi connectivity index (χ1v) is 12.0. The van der Waals surface area contributed by atoms with Gasteiger partial charge in [-0.3, -0.25) is 9.59 Å². The average Bonchev–Trinajstić information content (AvgIpc) is 2.81. The Balaban J connectivity index is 2.11. The number of dihydropyridines is 1. The summed E-state index contributed by atoms with van der Waals surface area (Å²) in [5.41, 5.74) is 2.97. The predicted octanol–water partition coefficient (Wildman–Crippen LogP) is 4.43. The smallest absolute Gasteiger partial charge is 0.337 e. The molecule has 0 aromatic heterocycles. The van der Waals surface area contributed by atoms with Gasteiger partial charge in [0.2, 0.25) is 0 Å². The monoisotopic (exact) mass is 469 g/mol. The number of carbonyl (C=O) groups excluding carboxylic acids is 3. The molecule has 0 unspecified atom stereocenters. The summed E-state index contributed by atoms with van der Waals surface area (Å²) < 4.78 is 16.3. The average molecular weight is 470 g/mol. The molecule has 34 heavy (non-hydrogen) atoms. The van der Waals surface area contributed by atoms with E-state index in [1.165, 1.54) is 7.11 Å². The van der Waals surface area contributed by atoms with Crippen LogP contribution >= 0.6 is 0 Å². The zero-order chi connectivity index (χ0) is 25.0. The second kappa shape index (κ2) is 10.9. The van der Waals surface area contributed by atoms with E-state index >= 15 is 0 Å². The molecule has 0 saturated heterocycles. The molecule has 0 amide bonds. The molecule has 7 heteroatoms. The summed E-state index contributed by atoms with van der Waals surface area (Å²) in [7, 11) is 1.29. The van der Waals surface area contributed by atoms with Crippen molar-refractivity contribution in [2.45, 2.75) is 65.9 Å². The summed E-state index contributed by atoms with van der Waals surface area (Å²) in [4.78, 5) is 39.5. The topological polar surface area (TPSA) is 90.9 Å². The van der Waals surface area contributed by atoms with Crippen LogP contribution in [0.25, 0.3) is 0 Å². The van der Waals surface area contributed by atoms with Crippen molar-refractivity contribution in [3.8, 4) is 5.75 Å². The zero-order valence-corrected chi connectivity index (χ0v) is 20.9. The minimum atomic E-state index is -0.912. The van der Waals surface area contributed by atoms with Gasteiger partial charge in [0, 0.05) is 22.9 Å². The van der Waals surface area contributed by atoms with Crippen molar-refractivity contribution in [1.82, 2.24) is 5.32 Å². The number of carbonyl (C=O) groups is 3. The summed E-state index contributed by atoms with van der Waals surface area (Å²) in [5, 5.41) is 3.28. The van der Waals surface area contributed by atoms with E-state index in [4.69, 9.17) is 14.2 Å². The van der Waals surface area contributed by atoms with Crippen molar-refractivity contribution in [3.63, 3.8) is 0 Å². The summed E-state index contributed by atoms with van der Waals surface area (Å²) in [6.07, 6.45) is 1.80. The second-order valence-electron chi connectivity index (χ2n) is 9.08. The van der Waals surface area contributed by atoms with Gasteiger partial charge in [-0.05, 0) is 56.7 Å². The highest BCUT2D eigenvalue weighted by Crippen LogP contribution is 2.45. The van der Waals surface area contributed by atoms with Gasteiger partial charge in [0.05, 0.1) is 25.4 Å². The lowest BCUT2D eigenvalue weighted by Gasteiger charge is -2.38. The van der Waals surface area contributed by atoms with Crippen molar-refractivity contribution >= 4 is 17.7 Å². The predicted molar refractivity (Wildman–Crippen MR) is 128 cm³/mol. The van der Waals surface area contributed by atoms with Gasteiger partial charge in [-0.15, -0.1) is 0 Å². The Morgan fingerprint density at radius 2 is 1.85 bits per heavy atom. The quantitative estimate of drug-likeness (QED) is 0.445. The third kappa shape index (κ3) is 5.03. The summed E-state index contributed by atoms with van der Waals surface area (Å²) in [5.74, 6) is -2.41. The maximum absolute atomic E-state index is 13.7. The summed E-state index contributed by atoms with van der Waals surface area (Å²) >= 11 is 0. The number of allylic oxidation sites excluding steroid dienone is 3. The van der Waals surface area contributed by atoms with E-state index in [2.05, 4.69) is 5.32 Å².